The molecule has 1 aromatic rings. The lowest BCUT2D eigenvalue weighted by molar-refractivity contribution is -0.137. The van der Waals surface area contributed by atoms with Crippen LogP contribution >= 0.6 is 15.9 Å². The summed E-state index contributed by atoms with van der Waals surface area (Å²) < 4.78 is 39.1. The van der Waals surface area contributed by atoms with Crippen molar-refractivity contribution in [2.75, 3.05) is 6.54 Å². The van der Waals surface area contributed by atoms with Crippen molar-refractivity contribution in [3.05, 3.63) is 33.8 Å². The summed E-state index contributed by atoms with van der Waals surface area (Å²) in [5.41, 5.74) is 1.39. The molecule has 1 aromatic carbocycles. The molecule has 0 saturated carbocycles. The Hall–Kier alpha value is -1.08. The number of halogens is 4. The van der Waals surface area contributed by atoms with Crippen LogP contribution < -0.4 is 11.3 Å². The summed E-state index contributed by atoms with van der Waals surface area (Å²) in [6.07, 6.45) is -3.73. The summed E-state index contributed by atoms with van der Waals surface area (Å²) in [5.74, 6) is 5.27. The van der Waals surface area contributed by atoms with Crippen LogP contribution in [0.1, 0.15) is 24.5 Å². The van der Waals surface area contributed by atoms with Crippen LogP contribution in [0.15, 0.2) is 27.7 Å². The van der Waals surface area contributed by atoms with Gasteiger partial charge in [-0.25, -0.2) is 5.84 Å². The summed E-state index contributed by atoms with van der Waals surface area (Å²) >= 11 is 3.02. The number of hydrogen-bond acceptors (Lipinski definition) is 2. The van der Waals surface area contributed by atoms with Gasteiger partial charge in [0.25, 0.3) is 0 Å². The van der Waals surface area contributed by atoms with Gasteiger partial charge in [-0.2, -0.15) is 13.2 Å². The van der Waals surface area contributed by atoms with Gasteiger partial charge in [0.05, 0.1) is 5.56 Å². The summed E-state index contributed by atoms with van der Waals surface area (Å²) in [4.78, 5) is 4.00. The average molecular weight is 324 g/mol. The van der Waals surface area contributed by atoms with Crippen LogP contribution in [0, 0.1) is 0 Å². The minimum atomic E-state index is -4.46. The molecule has 18 heavy (non-hydrogen) atoms. The third-order valence-corrected chi connectivity index (χ3v) is 2.67. The number of hydrazine groups is 1. The van der Waals surface area contributed by atoms with Crippen molar-refractivity contribution in [1.82, 2.24) is 5.43 Å². The Morgan fingerprint density at radius 2 is 2.11 bits per heavy atom. The van der Waals surface area contributed by atoms with Gasteiger partial charge in [0.2, 0.25) is 0 Å². The molecule has 1 rings (SSSR count). The second kappa shape index (κ2) is 6.19. The van der Waals surface area contributed by atoms with E-state index in [0.29, 0.717) is 11.0 Å². The third-order valence-electron chi connectivity index (χ3n) is 2.17. The van der Waals surface area contributed by atoms with Crippen LogP contribution in [0.2, 0.25) is 0 Å². The Balaban J connectivity index is 3.30. The zero-order valence-corrected chi connectivity index (χ0v) is 11.3. The van der Waals surface area contributed by atoms with Gasteiger partial charge < -0.3 is 5.43 Å². The third kappa shape index (κ3) is 3.71. The predicted molar refractivity (Wildman–Crippen MR) is 68.2 cm³/mol. The molecule has 100 valence electrons. The second-order valence-electron chi connectivity index (χ2n) is 3.56. The summed E-state index contributed by atoms with van der Waals surface area (Å²) in [6, 6.07) is 3.86. The fourth-order valence-electron chi connectivity index (χ4n) is 1.39. The van der Waals surface area contributed by atoms with E-state index in [-0.39, 0.29) is 11.4 Å². The number of rotatable bonds is 3. The number of hydrogen-bond donors (Lipinski definition) is 2. The minimum Gasteiger partial charge on any atom is -0.308 e. The van der Waals surface area contributed by atoms with E-state index < -0.39 is 11.7 Å². The Morgan fingerprint density at radius 1 is 1.44 bits per heavy atom. The van der Waals surface area contributed by atoms with Crippen LogP contribution in [0.4, 0.5) is 13.2 Å². The molecule has 0 fully saturated rings. The molecule has 0 aliphatic carbocycles. The number of amidine groups is 1. The molecule has 0 unspecified atom stereocenters. The fraction of sp³-hybridized carbons (Fsp3) is 0.364. The summed E-state index contributed by atoms with van der Waals surface area (Å²) in [6.45, 7) is 2.29. The Labute approximate surface area is 111 Å². The van der Waals surface area contributed by atoms with E-state index in [0.717, 1.165) is 12.5 Å². The van der Waals surface area contributed by atoms with E-state index in [2.05, 4.69) is 26.3 Å². The SMILES string of the molecule is CCCN=C(NN)c1ccc(Br)cc1C(F)(F)F. The first-order chi connectivity index (χ1) is 8.40. The lowest BCUT2D eigenvalue weighted by atomic mass is 10.1. The maximum absolute atomic E-state index is 12.9. The Bertz CT molecular complexity index is 444. The molecule has 0 atom stereocenters. The van der Waals surface area contributed by atoms with E-state index in [1.165, 1.54) is 12.1 Å². The van der Waals surface area contributed by atoms with Crippen LogP contribution in [-0.4, -0.2) is 12.4 Å². The highest BCUT2D eigenvalue weighted by atomic mass is 79.9. The molecule has 0 aliphatic rings. The van der Waals surface area contributed by atoms with Crippen LogP contribution in [-0.2, 0) is 6.18 Å². The van der Waals surface area contributed by atoms with E-state index >= 15 is 0 Å². The molecule has 0 heterocycles. The second-order valence-corrected chi connectivity index (χ2v) is 4.48. The number of aliphatic imine (C=N–C) groups is 1. The van der Waals surface area contributed by atoms with Crippen molar-refractivity contribution in [2.45, 2.75) is 19.5 Å². The molecule has 0 saturated heterocycles. The smallest absolute Gasteiger partial charge is 0.308 e. The molecule has 3 nitrogen and oxygen atoms in total. The topological polar surface area (TPSA) is 50.4 Å². The van der Waals surface area contributed by atoms with E-state index in [4.69, 9.17) is 5.84 Å². The normalized spacial score (nSPS) is 12.7. The first kappa shape index (κ1) is 15.0. The molecule has 0 radical (unpaired) electrons. The number of nitrogens with one attached hydrogen (secondary N) is 1. The summed E-state index contributed by atoms with van der Waals surface area (Å²) in [7, 11) is 0. The largest absolute Gasteiger partial charge is 0.417 e. The molecule has 0 amide bonds. The Morgan fingerprint density at radius 3 is 2.61 bits per heavy atom. The number of nitrogens with zero attached hydrogens (tertiary/aromatic N) is 1. The van der Waals surface area contributed by atoms with Gasteiger partial charge in [0.15, 0.2) is 0 Å². The van der Waals surface area contributed by atoms with Gasteiger partial charge >= 0.3 is 6.18 Å². The maximum atomic E-state index is 12.9. The van der Waals surface area contributed by atoms with Gasteiger partial charge in [-0.15, -0.1) is 0 Å². The quantitative estimate of drug-likeness (QED) is 0.388. The average Bonchev–Trinajstić information content (AvgIpc) is 2.30. The monoisotopic (exact) mass is 323 g/mol. The lowest BCUT2D eigenvalue weighted by Crippen LogP contribution is -2.33. The van der Waals surface area contributed by atoms with Crippen LogP contribution in [0.3, 0.4) is 0 Å². The van der Waals surface area contributed by atoms with Crippen molar-refractivity contribution in [3.8, 4) is 0 Å². The van der Waals surface area contributed by atoms with Crippen molar-refractivity contribution in [1.29, 1.82) is 0 Å². The van der Waals surface area contributed by atoms with E-state index in [1.54, 1.807) is 0 Å². The lowest BCUT2D eigenvalue weighted by Gasteiger charge is -2.14. The van der Waals surface area contributed by atoms with Crippen LogP contribution in [0.25, 0.3) is 0 Å². The van der Waals surface area contributed by atoms with Crippen molar-refractivity contribution in [3.63, 3.8) is 0 Å². The molecular formula is C11H13BrF3N3. The first-order valence-corrected chi connectivity index (χ1v) is 6.07. The van der Waals surface area contributed by atoms with Gasteiger partial charge in [-0.3, -0.25) is 4.99 Å². The molecule has 7 heteroatoms. The van der Waals surface area contributed by atoms with Gasteiger partial charge in [0, 0.05) is 16.6 Å². The maximum Gasteiger partial charge on any atom is 0.417 e. The fourth-order valence-corrected chi connectivity index (χ4v) is 1.75. The first-order valence-electron chi connectivity index (χ1n) is 5.28. The highest BCUT2D eigenvalue weighted by Gasteiger charge is 2.34. The predicted octanol–water partition coefficient (Wildman–Crippen LogP) is 3.09. The minimum absolute atomic E-state index is 0.0386. The molecule has 0 aromatic heterocycles. The summed E-state index contributed by atoms with van der Waals surface area (Å²) in [5, 5.41) is 0. The number of benzene rings is 1. The highest BCUT2D eigenvalue weighted by molar-refractivity contribution is 9.10. The molecule has 3 N–H and O–H groups in total. The molecule has 0 bridgehead atoms. The highest BCUT2D eigenvalue weighted by Crippen LogP contribution is 2.33. The van der Waals surface area contributed by atoms with Crippen LogP contribution in [0.5, 0.6) is 0 Å². The number of alkyl halides is 3. The van der Waals surface area contributed by atoms with Gasteiger partial charge in [-0.1, -0.05) is 22.9 Å². The van der Waals surface area contributed by atoms with Gasteiger partial charge in [0.1, 0.15) is 5.84 Å². The van der Waals surface area contributed by atoms with Crippen molar-refractivity contribution < 1.29 is 13.2 Å². The zero-order valence-electron chi connectivity index (χ0n) is 9.68. The number of nitrogens with two attached hydrogens (primary N) is 1. The van der Waals surface area contributed by atoms with Crippen molar-refractivity contribution >= 4 is 21.8 Å². The zero-order chi connectivity index (χ0) is 13.8. The standard InChI is InChI=1S/C11H13BrF3N3/c1-2-5-17-10(18-16)8-4-3-7(12)6-9(8)11(13,14)15/h3-4,6H,2,5,16H2,1H3,(H,17,18). The Kier molecular flexibility index (Phi) is 5.15. The van der Waals surface area contributed by atoms with E-state index in [1.807, 2.05) is 6.92 Å². The van der Waals surface area contributed by atoms with E-state index in [9.17, 15) is 13.2 Å². The molecule has 0 spiro atoms. The van der Waals surface area contributed by atoms with Crippen molar-refractivity contribution in [2.24, 2.45) is 10.8 Å². The van der Waals surface area contributed by atoms with Gasteiger partial charge in [-0.05, 0) is 24.6 Å². The molecular weight excluding hydrogens is 311 g/mol. The molecule has 0 aliphatic heterocycles.